The van der Waals surface area contributed by atoms with Crippen LogP contribution in [0.1, 0.15) is 26.7 Å². The third-order valence-electron chi connectivity index (χ3n) is 1.03. The van der Waals surface area contributed by atoms with Gasteiger partial charge in [-0.1, -0.05) is 13.8 Å². The molecule has 0 spiro atoms. The topological polar surface area (TPSA) is 0 Å². The first-order valence-corrected chi connectivity index (χ1v) is 3.26. The van der Waals surface area contributed by atoms with Gasteiger partial charge in [-0.2, -0.15) is 0 Å². The molecule has 8 heavy (non-hydrogen) atoms. The van der Waals surface area contributed by atoms with E-state index >= 15 is 0 Å². The molecule has 0 aliphatic heterocycles. The summed E-state index contributed by atoms with van der Waals surface area (Å²) < 4.78 is -0.472. The van der Waals surface area contributed by atoms with E-state index in [0.717, 1.165) is 12.8 Å². The number of alkyl halides is 2. The predicted molar refractivity (Wildman–Crippen MR) is 46.4 cm³/mol. The molecule has 0 fully saturated rings. The van der Waals surface area contributed by atoms with Gasteiger partial charge in [-0.15, -0.1) is 23.2 Å². The van der Waals surface area contributed by atoms with Crippen LogP contribution in [0, 0.1) is 0 Å². The minimum atomic E-state index is -0.472. The molecule has 0 radical (unpaired) electrons. The van der Waals surface area contributed by atoms with Gasteiger partial charge in [-0.3, -0.25) is 0 Å². The van der Waals surface area contributed by atoms with Crippen LogP contribution in [0.25, 0.3) is 0 Å². The van der Waals surface area contributed by atoms with E-state index < -0.39 is 4.33 Å². The molecule has 52 valence electrons. The molecule has 0 aliphatic rings. The molecule has 0 nitrogen and oxygen atoms in total. The molecule has 0 aromatic rings. The molecule has 0 rings (SSSR count). The monoisotopic (exact) mass is 218 g/mol. The molecule has 0 atom stereocenters. The van der Waals surface area contributed by atoms with E-state index in [9.17, 15) is 0 Å². The van der Waals surface area contributed by atoms with Crippen LogP contribution in [0.2, 0.25) is 0 Å². The van der Waals surface area contributed by atoms with Crippen LogP contribution in [0.4, 0.5) is 0 Å². The van der Waals surface area contributed by atoms with E-state index in [4.69, 9.17) is 23.2 Å². The molecule has 0 unspecified atom stereocenters. The maximum absolute atomic E-state index is 5.67. The molecule has 0 saturated heterocycles. The van der Waals surface area contributed by atoms with Crippen molar-refractivity contribution in [3.05, 3.63) is 0 Å². The van der Waals surface area contributed by atoms with Gasteiger partial charge in [-0.25, -0.2) is 0 Å². The Morgan fingerprint density at radius 3 is 1.38 bits per heavy atom. The average molecular weight is 218 g/mol. The van der Waals surface area contributed by atoms with Gasteiger partial charge >= 0.3 is 17.6 Å². The second-order valence-corrected chi connectivity index (χ2v) is 3.20. The molecule has 0 aliphatic carbocycles. The minimum absolute atomic E-state index is 0. The van der Waals surface area contributed by atoms with Gasteiger partial charge in [-0.05, 0) is 12.8 Å². The summed E-state index contributed by atoms with van der Waals surface area (Å²) in [5.74, 6) is 0. The van der Waals surface area contributed by atoms with Crippen LogP contribution in [-0.2, 0) is 0 Å². The van der Waals surface area contributed by atoms with E-state index in [0.29, 0.717) is 0 Å². The van der Waals surface area contributed by atoms with Crippen molar-refractivity contribution in [3.8, 4) is 0 Å². The van der Waals surface area contributed by atoms with Crippen molar-refractivity contribution >= 4 is 40.8 Å². The molecule has 0 aromatic carbocycles. The Balaban J connectivity index is 0. The molecule has 0 heterocycles. The van der Waals surface area contributed by atoms with Crippen molar-refractivity contribution in [2.45, 2.75) is 31.0 Å². The Morgan fingerprint density at radius 1 is 1.12 bits per heavy atom. The van der Waals surface area contributed by atoms with E-state index in [1.807, 2.05) is 13.8 Å². The van der Waals surface area contributed by atoms with Gasteiger partial charge < -0.3 is 0 Å². The Kier molecular flexibility index (Phi) is 7.34. The van der Waals surface area contributed by atoms with Crippen LogP contribution in [-0.4, -0.2) is 21.9 Å². The van der Waals surface area contributed by atoms with Crippen LogP contribution in [0.15, 0.2) is 0 Å². The summed E-state index contributed by atoms with van der Waals surface area (Å²) in [6, 6.07) is 0. The zero-order chi connectivity index (χ0) is 5.91. The Bertz CT molecular complexity index is 48.4. The van der Waals surface area contributed by atoms with Crippen LogP contribution in [0.5, 0.6) is 0 Å². The zero-order valence-corrected chi connectivity index (χ0v) is 6.18. The summed E-state index contributed by atoms with van der Waals surface area (Å²) in [7, 11) is 0. The average Bonchev–Trinajstić information content (AvgIpc) is 1.68. The molecular weight excluding hydrogens is 204 g/mol. The van der Waals surface area contributed by atoms with Crippen molar-refractivity contribution in [3.63, 3.8) is 0 Å². The molecule has 3 heteroatoms. The summed E-state index contributed by atoms with van der Waals surface area (Å²) in [5.41, 5.74) is 0. The first kappa shape index (κ1) is 11.9. The fourth-order valence-electron chi connectivity index (χ4n) is 0.250. The molecular formula is C5H14Cl2Ge. The maximum atomic E-state index is 5.67. The third-order valence-corrected chi connectivity index (χ3v) is 2.10. The number of hydrogen-bond donors (Lipinski definition) is 0. The fraction of sp³-hybridized carbons (Fsp3) is 1.00. The number of rotatable bonds is 2. The second kappa shape index (κ2) is 4.95. The summed E-state index contributed by atoms with van der Waals surface area (Å²) in [6.45, 7) is 3.95. The van der Waals surface area contributed by atoms with E-state index in [1.165, 1.54) is 0 Å². The standard InChI is InChI=1S/C5H10Cl2.GeH4/c1-3-5(6,7)4-2;/h3-4H2,1-2H3;1H4. The molecule has 0 N–H and O–H groups in total. The molecule has 0 aromatic heterocycles. The molecule has 0 saturated carbocycles. The van der Waals surface area contributed by atoms with Crippen molar-refractivity contribution in [1.29, 1.82) is 0 Å². The van der Waals surface area contributed by atoms with Crippen LogP contribution >= 0.6 is 23.2 Å². The second-order valence-electron chi connectivity index (χ2n) is 1.56. The predicted octanol–water partition coefficient (Wildman–Crippen LogP) is 1.53. The van der Waals surface area contributed by atoms with Crippen LogP contribution in [0.3, 0.4) is 0 Å². The Hall–Kier alpha value is 1.12. The third kappa shape index (κ3) is 5.26. The van der Waals surface area contributed by atoms with E-state index in [2.05, 4.69) is 0 Å². The normalized spacial score (nSPS) is 10.5. The van der Waals surface area contributed by atoms with Gasteiger partial charge in [0.25, 0.3) is 0 Å². The Morgan fingerprint density at radius 2 is 1.38 bits per heavy atom. The van der Waals surface area contributed by atoms with Crippen molar-refractivity contribution in [2.24, 2.45) is 0 Å². The van der Waals surface area contributed by atoms with Gasteiger partial charge in [0.05, 0.1) is 0 Å². The number of hydrogen-bond acceptors (Lipinski definition) is 0. The molecule has 0 amide bonds. The van der Waals surface area contributed by atoms with Gasteiger partial charge in [0, 0.05) is 0 Å². The SMILES string of the molecule is CCC(Cl)(Cl)CC.[GeH4]. The summed E-state index contributed by atoms with van der Waals surface area (Å²) >= 11 is 11.3. The summed E-state index contributed by atoms with van der Waals surface area (Å²) in [5, 5.41) is 0. The summed E-state index contributed by atoms with van der Waals surface area (Å²) in [4.78, 5) is 0. The number of halogens is 2. The Labute approximate surface area is 71.9 Å². The van der Waals surface area contributed by atoms with Gasteiger partial charge in [0.1, 0.15) is 4.33 Å². The molecule has 0 bridgehead atoms. The van der Waals surface area contributed by atoms with Gasteiger partial charge in [0.2, 0.25) is 0 Å². The zero-order valence-electron chi connectivity index (χ0n) is 4.67. The first-order chi connectivity index (χ1) is 3.12. The van der Waals surface area contributed by atoms with Crippen molar-refractivity contribution in [2.75, 3.05) is 0 Å². The fourth-order valence-corrected chi connectivity index (χ4v) is 0.250. The first-order valence-electron chi connectivity index (χ1n) is 2.50. The van der Waals surface area contributed by atoms with Gasteiger partial charge in [0.15, 0.2) is 0 Å². The van der Waals surface area contributed by atoms with Crippen molar-refractivity contribution < 1.29 is 0 Å². The van der Waals surface area contributed by atoms with E-state index in [1.54, 1.807) is 0 Å². The quantitative estimate of drug-likeness (QED) is 0.486. The summed E-state index contributed by atoms with van der Waals surface area (Å²) in [6.07, 6.45) is 1.65. The van der Waals surface area contributed by atoms with Crippen LogP contribution < -0.4 is 0 Å². The van der Waals surface area contributed by atoms with E-state index in [-0.39, 0.29) is 17.6 Å². The van der Waals surface area contributed by atoms with Crippen molar-refractivity contribution in [1.82, 2.24) is 0 Å².